The van der Waals surface area contributed by atoms with Crippen molar-refractivity contribution in [2.45, 2.75) is 39.0 Å². The van der Waals surface area contributed by atoms with Crippen LogP contribution in [0.2, 0.25) is 0 Å². The zero-order valence-corrected chi connectivity index (χ0v) is 18.2. The fraction of sp³-hybridized carbons (Fsp3) is 0.444. The van der Waals surface area contributed by atoms with Crippen molar-refractivity contribution < 1.29 is 14.3 Å². The molecule has 8 heteroatoms. The van der Waals surface area contributed by atoms with Gasteiger partial charge in [-0.3, -0.25) is 4.79 Å². The molecule has 1 aliphatic heterocycles. The monoisotopic (exact) mass is 487 g/mol. The Hall–Kier alpha value is -1.54. The van der Waals surface area contributed by atoms with Crippen LogP contribution in [0.25, 0.3) is 0 Å². The van der Waals surface area contributed by atoms with Gasteiger partial charge >= 0.3 is 6.09 Å². The zero-order valence-electron chi connectivity index (χ0n) is 15.1. The van der Waals surface area contributed by atoms with Crippen molar-refractivity contribution >= 4 is 49.5 Å². The summed E-state index contributed by atoms with van der Waals surface area (Å²) in [5.41, 5.74) is 0.860. The van der Waals surface area contributed by atoms with Crippen molar-refractivity contribution in [3.05, 3.63) is 39.3 Å². The maximum Gasteiger partial charge on any atom is 0.407 e. The molecule has 1 aliphatic rings. The summed E-state index contributed by atoms with van der Waals surface area (Å²) in [5.74, 6) is -0.151. The van der Waals surface area contributed by atoms with E-state index in [1.54, 1.807) is 6.08 Å². The van der Waals surface area contributed by atoms with Gasteiger partial charge < -0.3 is 20.3 Å². The van der Waals surface area contributed by atoms with E-state index in [0.717, 1.165) is 14.6 Å². The summed E-state index contributed by atoms with van der Waals surface area (Å²) in [7, 11) is 0. The van der Waals surface area contributed by atoms with Crippen molar-refractivity contribution in [2.24, 2.45) is 0 Å². The first kappa shape index (κ1) is 20.8. The van der Waals surface area contributed by atoms with E-state index in [9.17, 15) is 9.59 Å². The second-order valence-corrected chi connectivity index (χ2v) is 8.70. The second kappa shape index (κ2) is 8.43. The molecule has 1 unspecified atom stereocenters. The van der Waals surface area contributed by atoms with Gasteiger partial charge in [-0.25, -0.2) is 4.79 Å². The first-order valence-electron chi connectivity index (χ1n) is 8.26. The van der Waals surface area contributed by atoms with Gasteiger partial charge in [-0.1, -0.05) is 22.0 Å². The number of ether oxygens (including phenoxy) is 1. The summed E-state index contributed by atoms with van der Waals surface area (Å²) in [5, 5.41) is 5.72. The van der Waals surface area contributed by atoms with Gasteiger partial charge in [0.2, 0.25) is 0 Å². The van der Waals surface area contributed by atoms with Crippen LogP contribution < -0.4 is 15.5 Å². The molecule has 1 aromatic rings. The Bertz CT molecular complexity index is 716. The molecule has 6 nitrogen and oxygen atoms in total. The van der Waals surface area contributed by atoms with Gasteiger partial charge in [0.15, 0.2) is 0 Å². The standard InChI is InChI=1S/C18H23Br2N3O3/c1-5-8-23-13-10-11(19)9-12(20)15(13)16(24)22-14(23)6-7-21-17(25)26-18(2,3)4/h5,9-10,14H,1,6-8H2,2-4H3,(H,21,25)(H,22,24). The highest BCUT2D eigenvalue weighted by Gasteiger charge is 2.32. The molecule has 1 atom stereocenters. The normalized spacial score (nSPS) is 16.6. The molecule has 0 aliphatic carbocycles. The molecule has 2 rings (SSSR count). The number of alkyl carbamates (subject to hydrolysis) is 1. The summed E-state index contributed by atoms with van der Waals surface area (Å²) in [4.78, 5) is 26.4. The van der Waals surface area contributed by atoms with Gasteiger partial charge in [0.05, 0.1) is 11.3 Å². The molecule has 0 spiro atoms. The molecular weight excluding hydrogens is 466 g/mol. The number of nitrogens with one attached hydrogen (secondary N) is 2. The Morgan fingerprint density at radius 3 is 2.73 bits per heavy atom. The summed E-state index contributed by atoms with van der Waals surface area (Å²) in [6.07, 6.45) is 1.58. The molecule has 2 amide bonds. The van der Waals surface area contributed by atoms with E-state index in [4.69, 9.17) is 4.74 Å². The van der Waals surface area contributed by atoms with Crippen molar-refractivity contribution in [1.82, 2.24) is 10.6 Å². The van der Waals surface area contributed by atoms with E-state index in [-0.39, 0.29) is 12.1 Å². The number of carbonyl (C=O) groups excluding carboxylic acids is 2. The highest BCUT2D eigenvalue weighted by Crippen LogP contribution is 2.35. The summed E-state index contributed by atoms with van der Waals surface area (Å²) in [6.45, 7) is 10.2. The van der Waals surface area contributed by atoms with Gasteiger partial charge in [-0.2, -0.15) is 0 Å². The topological polar surface area (TPSA) is 70.7 Å². The van der Waals surface area contributed by atoms with Gasteiger partial charge in [0, 0.05) is 28.5 Å². The number of hydrogen-bond donors (Lipinski definition) is 2. The van der Waals surface area contributed by atoms with E-state index in [0.29, 0.717) is 25.1 Å². The molecule has 0 fully saturated rings. The number of anilines is 1. The average Bonchev–Trinajstić information content (AvgIpc) is 2.48. The van der Waals surface area contributed by atoms with Crippen LogP contribution >= 0.6 is 31.9 Å². The minimum absolute atomic E-state index is 0.151. The maximum atomic E-state index is 12.5. The number of halogens is 2. The van der Waals surface area contributed by atoms with Crippen molar-refractivity contribution in [2.75, 3.05) is 18.0 Å². The van der Waals surface area contributed by atoms with E-state index in [1.807, 2.05) is 32.9 Å². The average molecular weight is 489 g/mol. The third-order valence-corrected chi connectivity index (χ3v) is 4.74. The fourth-order valence-electron chi connectivity index (χ4n) is 2.70. The lowest BCUT2D eigenvalue weighted by Crippen LogP contribution is -2.54. The zero-order chi connectivity index (χ0) is 19.5. The van der Waals surface area contributed by atoms with E-state index in [2.05, 4.69) is 54.0 Å². The first-order chi connectivity index (χ1) is 12.1. The van der Waals surface area contributed by atoms with Crippen LogP contribution in [0.5, 0.6) is 0 Å². The minimum Gasteiger partial charge on any atom is -0.444 e. The number of rotatable bonds is 5. The number of amides is 2. The van der Waals surface area contributed by atoms with Gasteiger partial charge in [0.1, 0.15) is 11.8 Å². The van der Waals surface area contributed by atoms with Gasteiger partial charge in [-0.05, 0) is 48.8 Å². The summed E-state index contributed by atoms with van der Waals surface area (Å²) >= 11 is 6.93. The highest BCUT2D eigenvalue weighted by molar-refractivity contribution is 9.11. The van der Waals surface area contributed by atoms with Crippen LogP contribution in [-0.4, -0.2) is 36.9 Å². The predicted octanol–water partition coefficient (Wildman–Crippen LogP) is 4.19. The third-order valence-electron chi connectivity index (χ3n) is 3.66. The van der Waals surface area contributed by atoms with E-state index < -0.39 is 11.7 Å². The third kappa shape index (κ3) is 5.23. The number of nitrogens with zero attached hydrogens (tertiary/aromatic N) is 1. The number of benzene rings is 1. The fourth-order valence-corrected chi connectivity index (χ4v) is 4.08. The number of fused-ring (bicyclic) bond motifs is 1. The molecule has 1 aromatic carbocycles. The van der Waals surface area contributed by atoms with Crippen molar-refractivity contribution in [3.8, 4) is 0 Å². The Balaban J connectivity index is 2.12. The van der Waals surface area contributed by atoms with Crippen LogP contribution in [-0.2, 0) is 4.74 Å². The lowest BCUT2D eigenvalue weighted by molar-refractivity contribution is 0.0526. The smallest absolute Gasteiger partial charge is 0.407 e. The Morgan fingerprint density at radius 2 is 2.12 bits per heavy atom. The molecule has 1 heterocycles. The lowest BCUT2D eigenvalue weighted by atomic mass is 10.1. The molecule has 0 aromatic heterocycles. The maximum absolute atomic E-state index is 12.5. The SMILES string of the molecule is C=CCN1c2cc(Br)cc(Br)c2C(=O)NC1CCNC(=O)OC(C)(C)C. The lowest BCUT2D eigenvalue weighted by Gasteiger charge is -2.39. The summed E-state index contributed by atoms with van der Waals surface area (Å²) in [6, 6.07) is 3.76. The number of carbonyl (C=O) groups is 2. The summed E-state index contributed by atoms with van der Waals surface area (Å²) < 4.78 is 6.82. The highest BCUT2D eigenvalue weighted by atomic mass is 79.9. The predicted molar refractivity (Wildman–Crippen MR) is 109 cm³/mol. The minimum atomic E-state index is -0.546. The number of hydrogen-bond acceptors (Lipinski definition) is 4. The molecule has 142 valence electrons. The molecular formula is C18H23Br2N3O3. The quantitative estimate of drug-likeness (QED) is 0.609. The van der Waals surface area contributed by atoms with Crippen LogP contribution in [0.3, 0.4) is 0 Å². The Kier molecular flexibility index (Phi) is 6.74. The largest absolute Gasteiger partial charge is 0.444 e. The van der Waals surface area contributed by atoms with E-state index >= 15 is 0 Å². The van der Waals surface area contributed by atoms with Crippen LogP contribution in [0, 0.1) is 0 Å². The van der Waals surface area contributed by atoms with Gasteiger partial charge in [0.25, 0.3) is 5.91 Å². The Labute approximate surface area is 170 Å². The van der Waals surface area contributed by atoms with Crippen LogP contribution in [0.15, 0.2) is 33.7 Å². The molecule has 0 radical (unpaired) electrons. The van der Waals surface area contributed by atoms with Crippen LogP contribution in [0.1, 0.15) is 37.6 Å². The van der Waals surface area contributed by atoms with Crippen molar-refractivity contribution in [3.63, 3.8) is 0 Å². The first-order valence-corrected chi connectivity index (χ1v) is 9.85. The molecule has 0 bridgehead atoms. The molecule has 0 saturated heterocycles. The van der Waals surface area contributed by atoms with E-state index in [1.165, 1.54) is 0 Å². The van der Waals surface area contributed by atoms with Gasteiger partial charge in [-0.15, -0.1) is 6.58 Å². The molecule has 26 heavy (non-hydrogen) atoms. The Morgan fingerprint density at radius 1 is 1.42 bits per heavy atom. The second-order valence-electron chi connectivity index (χ2n) is 6.93. The van der Waals surface area contributed by atoms with Crippen LogP contribution in [0.4, 0.5) is 10.5 Å². The molecule has 2 N–H and O–H groups in total. The van der Waals surface area contributed by atoms with Crippen molar-refractivity contribution in [1.29, 1.82) is 0 Å². The molecule has 0 saturated carbocycles.